The summed E-state index contributed by atoms with van der Waals surface area (Å²) in [5, 5.41) is 12.9. The molecule has 0 unspecified atom stereocenters. The highest BCUT2D eigenvalue weighted by atomic mass is 127. The van der Waals surface area contributed by atoms with Gasteiger partial charge >= 0.3 is 5.97 Å². The van der Waals surface area contributed by atoms with Gasteiger partial charge in [0, 0.05) is 9.13 Å². The zero-order chi connectivity index (χ0) is 22.2. The Morgan fingerprint density at radius 1 is 1.13 bits per heavy atom. The van der Waals surface area contributed by atoms with Gasteiger partial charge in [0.2, 0.25) is 5.76 Å². The Hall–Kier alpha value is -3.34. The summed E-state index contributed by atoms with van der Waals surface area (Å²) >= 11 is 2.14. The molecule has 3 rings (SSSR count). The fourth-order valence-corrected chi connectivity index (χ4v) is 3.11. The largest absolute Gasteiger partial charge is 0.490 e. The lowest BCUT2D eigenvalue weighted by molar-refractivity contribution is 0.0657. The number of carboxylic acids is 1. The smallest absolute Gasteiger partial charge is 0.371 e. The highest BCUT2D eigenvalue weighted by Crippen LogP contribution is 2.29. The molecule has 0 aliphatic carbocycles. The molecule has 160 valence electrons. The van der Waals surface area contributed by atoms with Crippen molar-refractivity contribution in [3.63, 3.8) is 0 Å². The van der Waals surface area contributed by atoms with Crippen LogP contribution >= 0.6 is 22.6 Å². The van der Waals surface area contributed by atoms with Gasteiger partial charge in [-0.2, -0.15) is 5.10 Å². The van der Waals surface area contributed by atoms with Crippen LogP contribution in [0.25, 0.3) is 0 Å². The second-order valence-electron chi connectivity index (χ2n) is 6.21. The Labute approximate surface area is 192 Å². The molecule has 31 heavy (non-hydrogen) atoms. The fraction of sp³-hybridized carbons (Fsp3) is 0.136. The summed E-state index contributed by atoms with van der Waals surface area (Å²) in [6.07, 6.45) is 1.50. The zero-order valence-electron chi connectivity index (χ0n) is 16.5. The van der Waals surface area contributed by atoms with Crippen LogP contribution in [0.5, 0.6) is 11.5 Å². The van der Waals surface area contributed by atoms with Crippen molar-refractivity contribution in [2.75, 3.05) is 6.61 Å². The molecule has 0 aliphatic rings. The minimum Gasteiger partial charge on any atom is -0.490 e. The molecule has 0 fully saturated rings. The van der Waals surface area contributed by atoms with Crippen molar-refractivity contribution in [1.82, 2.24) is 5.43 Å². The quantitative estimate of drug-likeness (QED) is 0.240. The highest BCUT2D eigenvalue weighted by Gasteiger charge is 2.11. The van der Waals surface area contributed by atoms with Gasteiger partial charge in [0.25, 0.3) is 5.91 Å². The van der Waals surface area contributed by atoms with Crippen molar-refractivity contribution in [3.05, 3.63) is 80.8 Å². The molecule has 0 radical (unpaired) electrons. The van der Waals surface area contributed by atoms with Crippen LogP contribution in [0.1, 0.15) is 39.2 Å². The Kier molecular flexibility index (Phi) is 7.65. The average Bonchev–Trinajstić information content (AvgIpc) is 3.23. The monoisotopic (exact) mass is 534 g/mol. The number of furan rings is 1. The number of hydrazone groups is 1. The van der Waals surface area contributed by atoms with E-state index in [9.17, 15) is 9.59 Å². The maximum absolute atomic E-state index is 12.2. The van der Waals surface area contributed by atoms with Gasteiger partial charge in [-0.25, -0.2) is 10.2 Å². The zero-order valence-corrected chi connectivity index (χ0v) is 18.7. The average molecular weight is 534 g/mol. The van der Waals surface area contributed by atoms with Gasteiger partial charge < -0.3 is 19.0 Å². The molecule has 1 heterocycles. The number of benzene rings is 2. The molecule has 9 heteroatoms. The van der Waals surface area contributed by atoms with E-state index in [-0.39, 0.29) is 18.3 Å². The lowest BCUT2D eigenvalue weighted by Crippen LogP contribution is -2.17. The second kappa shape index (κ2) is 10.6. The molecule has 1 amide bonds. The minimum atomic E-state index is -1.14. The predicted octanol–water partition coefficient (Wildman–Crippen LogP) is 4.32. The number of amides is 1. The summed E-state index contributed by atoms with van der Waals surface area (Å²) in [5.74, 6) is -0.264. The number of nitrogens with one attached hydrogen (secondary N) is 1. The van der Waals surface area contributed by atoms with Crippen molar-refractivity contribution in [2.45, 2.75) is 13.5 Å². The number of hydrogen-bond donors (Lipinski definition) is 2. The SMILES string of the molecule is CCOc1cc(C=NNC(=O)c2cccc(I)c2)ccc1OCc1ccc(C(=O)O)o1. The van der Waals surface area contributed by atoms with Crippen LogP contribution < -0.4 is 14.9 Å². The van der Waals surface area contributed by atoms with Crippen LogP contribution in [-0.2, 0) is 6.61 Å². The maximum atomic E-state index is 12.2. The fourth-order valence-electron chi connectivity index (χ4n) is 2.57. The third kappa shape index (κ3) is 6.32. The number of aromatic carboxylic acids is 1. The van der Waals surface area contributed by atoms with Crippen LogP contribution in [0, 0.1) is 3.57 Å². The van der Waals surface area contributed by atoms with Gasteiger partial charge in [-0.3, -0.25) is 4.79 Å². The summed E-state index contributed by atoms with van der Waals surface area (Å²) in [6, 6.07) is 15.3. The summed E-state index contributed by atoms with van der Waals surface area (Å²) in [4.78, 5) is 23.1. The summed E-state index contributed by atoms with van der Waals surface area (Å²) in [5.41, 5.74) is 3.71. The topological polar surface area (TPSA) is 110 Å². The van der Waals surface area contributed by atoms with Crippen LogP contribution in [0.3, 0.4) is 0 Å². The highest BCUT2D eigenvalue weighted by molar-refractivity contribution is 14.1. The molecule has 1 aromatic heterocycles. The maximum Gasteiger partial charge on any atom is 0.371 e. The van der Waals surface area contributed by atoms with Crippen molar-refractivity contribution in [1.29, 1.82) is 0 Å². The van der Waals surface area contributed by atoms with Crippen molar-refractivity contribution >= 4 is 40.7 Å². The molecule has 8 nitrogen and oxygen atoms in total. The first-order valence-electron chi connectivity index (χ1n) is 9.27. The van der Waals surface area contributed by atoms with E-state index < -0.39 is 5.97 Å². The molecule has 2 aromatic carbocycles. The molecular formula is C22H19IN2O6. The van der Waals surface area contributed by atoms with E-state index in [1.54, 1.807) is 42.5 Å². The normalized spacial score (nSPS) is 10.8. The van der Waals surface area contributed by atoms with Crippen LogP contribution in [0.2, 0.25) is 0 Å². The number of halogens is 1. The van der Waals surface area contributed by atoms with Gasteiger partial charge in [-0.05, 0) is 83.6 Å². The minimum absolute atomic E-state index is 0.0483. The Morgan fingerprint density at radius 2 is 1.97 bits per heavy atom. The molecule has 0 atom stereocenters. The van der Waals surface area contributed by atoms with Crippen molar-refractivity contribution < 1.29 is 28.6 Å². The Bertz CT molecular complexity index is 1110. The van der Waals surface area contributed by atoms with Crippen molar-refractivity contribution in [3.8, 4) is 11.5 Å². The molecule has 0 aliphatic heterocycles. The number of rotatable bonds is 9. The van der Waals surface area contributed by atoms with Crippen LogP contribution in [0.15, 0.2) is 64.1 Å². The van der Waals surface area contributed by atoms with Gasteiger partial charge in [-0.15, -0.1) is 0 Å². The number of nitrogens with zero attached hydrogens (tertiary/aromatic N) is 1. The standard InChI is InChI=1S/C22H19IN2O6/c1-2-29-20-10-14(12-24-25-21(26)15-4-3-5-16(23)11-15)6-8-18(20)30-13-17-7-9-19(31-17)22(27)28/h3-12H,2,13H2,1H3,(H,25,26)(H,27,28). The molecule has 0 spiro atoms. The van der Waals surface area contributed by atoms with E-state index >= 15 is 0 Å². The number of carbonyl (C=O) groups is 2. The molecular weight excluding hydrogens is 515 g/mol. The van der Waals surface area contributed by atoms with Crippen LogP contribution in [0.4, 0.5) is 0 Å². The van der Waals surface area contributed by atoms with E-state index in [1.165, 1.54) is 12.3 Å². The first-order chi connectivity index (χ1) is 15.0. The van der Waals surface area contributed by atoms with E-state index in [2.05, 4.69) is 33.1 Å². The Balaban J connectivity index is 1.65. The molecule has 2 N–H and O–H groups in total. The Morgan fingerprint density at radius 3 is 2.68 bits per heavy atom. The third-order valence-electron chi connectivity index (χ3n) is 3.98. The first-order valence-corrected chi connectivity index (χ1v) is 10.3. The van der Waals surface area contributed by atoms with Gasteiger partial charge in [0.1, 0.15) is 12.4 Å². The molecule has 3 aromatic rings. The summed E-state index contributed by atoms with van der Waals surface area (Å²) < 4.78 is 17.5. The summed E-state index contributed by atoms with van der Waals surface area (Å²) in [6.45, 7) is 2.31. The number of ether oxygens (including phenoxy) is 2. The number of hydrogen-bond acceptors (Lipinski definition) is 6. The number of carbonyl (C=O) groups excluding carboxylic acids is 1. The molecule has 0 bridgehead atoms. The van der Waals surface area contributed by atoms with Gasteiger partial charge in [-0.1, -0.05) is 6.07 Å². The molecule has 0 saturated heterocycles. The first kappa shape index (κ1) is 22.3. The second-order valence-corrected chi connectivity index (χ2v) is 7.45. The lowest BCUT2D eigenvalue weighted by Gasteiger charge is -2.11. The van der Waals surface area contributed by atoms with Crippen molar-refractivity contribution in [2.24, 2.45) is 5.10 Å². The number of carboxylic acid groups (broad SMARTS) is 1. The van der Waals surface area contributed by atoms with E-state index in [4.69, 9.17) is 19.0 Å². The van der Waals surface area contributed by atoms with Crippen LogP contribution in [-0.4, -0.2) is 29.8 Å². The van der Waals surface area contributed by atoms with Gasteiger partial charge in [0.05, 0.1) is 12.8 Å². The van der Waals surface area contributed by atoms with E-state index in [0.717, 1.165) is 3.57 Å². The van der Waals surface area contributed by atoms with Gasteiger partial charge in [0.15, 0.2) is 11.5 Å². The lowest BCUT2D eigenvalue weighted by atomic mass is 10.2. The third-order valence-corrected chi connectivity index (χ3v) is 4.65. The molecule has 0 saturated carbocycles. The summed E-state index contributed by atoms with van der Waals surface area (Å²) in [7, 11) is 0. The predicted molar refractivity (Wildman–Crippen MR) is 122 cm³/mol. The van der Waals surface area contributed by atoms with E-state index in [0.29, 0.717) is 35.0 Å². The van der Waals surface area contributed by atoms with E-state index in [1.807, 2.05) is 13.0 Å².